The van der Waals surface area contributed by atoms with E-state index >= 15 is 0 Å². The van der Waals surface area contributed by atoms with Gasteiger partial charge in [-0.1, -0.05) is 20.3 Å². The summed E-state index contributed by atoms with van der Waals surface area (Å²) in [6.45, 7) is 10.5. The van der Waals surface area contributed by atoms with Gasteiger partial charge >= 0.3 is 0 Å². The van der Waals surface area contributed by atoms with E-state index in [1.54, 1.807) is 0 Å². The predicted octanol–water partition coefficient (Wildman–Crippen LogP) is 1.91. The van der Waals surface area contributed by atoms with E-state index < -0.39 is 0 Å². The first-order valence-electron chi connectivity index (χ1n) is 6.55. The van der Waals surface area contributed by atoms with Crippen LogP contribution in [0.2, 0.25) is 0 Å². The lowest BCUT2D eigenvalue weighted by molar-refractivity contribution is 0.0236. The Morgan fingerprint density at radius 2 is 2.00 bits per heavy atom. The molecule has 0 aromatic heterocycles. The molecule has 0 spiro atoms. The summed E-state index contributed by atoms with van der Waals surface area (Å²) >= 11 is 0. The third-order valence-electron chi connectivity index (χ3n) is 3.60. The maximum atomic E-state index is 6.20. The fourth-order valence-corrected chi connectivity index (χ4v) is 2.35. The van der Waals surface area contributed by atoms with Gasteiger partial charge in [-0.05, 0) is 31.6 Å². The molecule has 1 atom stereocenters. The summed E-state index contributed by atoms with van der Waals surface area (Å²) in [4.78, 5) is 0. The van der Waals surface area contributed by atoms with E-state index in [9.17, 15) is 0 Å². The van der Waals surface area contributed by atoms with Gasteiger partial charge in [-0.15, -0.1) is 0 Å². The van der Waals surface area contributed by atoms with Crippen LogP contribution in [0.25, 0.3) is 0 Å². The smallest absolute Gasteiger partial charge is 0.0471 e. The molecule has 0 saturated carbocycles. The maximum Gasteiger partial charge on any atom is 0.0471 e. The lowest BCUT2D eigenvalue weighted by Crippen LogP contribution is -2.48. The molecule has 1 saturated heterocycles. The zero-order valence-electron chi connectivity index (χ0n) is 11.1. The minimum absolute atomic E-state index is 0.0592. The number of rotatable bonds is 6. The predicted molar refractivity (Wildman–Crippen MR) is 68.5 cm³/mol. The van der Waals surface area contributed by atoms with Crippen LogP contribution in [0.15, 0.2) is 0 Å². The molecule has 0 radical (unpaired) electrons. The molecular formula is C13H28N2O. The molecule has 1 aliphatic heterocycles. The zero-order valence-corrected chi connectivity index (χ0v) is 11.1. The summed E-state index contributed by atoms with van der Waals surface area (Å²) in [5.41, 5.74) is 6.54. The van der Waals surface area contributed by atoms with Crippen LogP contribution >= 0.6 is 0 Å². The van der Waals surface area contributed by atoms with Crippen molar-refractivity contribution in [1.82, 2.24) is 5.32 Å². The second-order valence-corrected chi connectivity index (χ2v) is 5.93. The standard InChI is InChI=1S/C13H28N2O/c1-4-5-13(3,14)11-15-10-12(2)6-8-16-9-7-12/h15H,4-11,14H2,1-3H3. The van der Waals surface area contributed by atoms with Crippen LogP contribution in [0, 0.1) is 5.41 Å². The van der Waals surface area contributed by atoms with Gasteiger partial charge in [0, 0.05) is 31.8 Å². The molecule has 3 N–H and O–H groups in total. The van der Waals surface area contributed by atoms with Gasteiger partial charge in [0.2, 0.25) is 0 Å². The van der Waals surface area contributed by atoms with Crippen LogP contribution in [-0.4, -0.2) is 31.8 Å². The Labute approximate surface area is 100 Å². The average molecular weight is 228 g/mol. The molecule has 3 heteroatoms. The van der Waals surface area contributed by atoms with Crippen molar-refractivity contribution in [3.8, 4) is 0 Å². The molecule has 1 heterocycles. The Kier molecular flexibility index (Phi) is 5.22. The highest BCUT2D eigenvalue weighted by atomic mass is 16.5. The molecule has 1 aliphatic rings. The molecule has 1 fully saturated rings. The van der Waals surface area contributed by atoms with Gasteiger partial charge in [-0.3, -0.25) is 0 Å². The van der Waals surface area contributed by atoms with Crippen LogP contribution < -0.4 is 11.1 Å². The highest BCUT2D eigenvalue weighted by Gasteiger charge is 2.27. The van der Waals surface area contributed by atoms with Gasteiger partial charge in [0.15, 0.2) is 0 Å². The van der Waals surface area contributed by atoms with Crippen molar-refractivity contribution in [1.29, 1.82) is 0 Å². The van der Waals surface area contributed by atoms with Crippen molar-refractivity contribution in [3.05, 3.63) is 0 Å². The summed E-state index contributed by atoms with van der Waals surface area (Å²) in [6.07, 6.45) is 4.56. The van der Waals surface area contributed by atoms with Crippen molar-refractivity contribution in [2.45, 2.75) is 52.0 Å². The van der Waals surface area contributed by atoms with Gasteiger partial charge in [0.05, 0.1) is 0 Å². The van der Waals surface area contributed by atoms with E-state index in [1.807, 2.05) is 0 Å². The molecule has 16 heavy (non-hydrogen) atoms. The van der Waals surface area contributed by atoms with E-state index in [-0.39, 0.29) is 5.54 Å². The molecular weight excluding hydrogens is 200 g/mol. The van der Waals surface area contributed by atoms with Crippen LogP contribution in [0.4, 0.5) is 0 Å². The summed E-state index contributed by atoms with van der Waals surface area (Å²) in [7, 11) is 0. The molecule has 1 unspecified atom stereocenters. The number of nitrogens with one attached hydrogen (secondary N) is 1. The van der Waals surface area contributed by atoms with Crippen LogP contribution in [0.5, 0.6) is 0 Å². The molecule has 0 aromatic rings. The second-order valence-electron chi connectivity index (χ2n) is 5.93. The summed E-state index contributed by atoms with van der Waals surface area (Å²) in [6, 6.07) is 0. The molecule has 3 nitrogen and oxygen atoms in total. The third-order valence-corrected chi connectivity index (χ3v) is 3.60. The number of hydrogen-bond donors (Lipinski definition) is 2. The normalized spacial score (nSPS) is 24.0. The summed E-state index contributed by atoms with van der Waals surface area (Å²) < 4.78 is 5.40. The lowest BCUT2D eigenvalue weighted by atomic mass is 9.82. The fourth-order valence-electron chi connectivity index (χ4n) is 2.35. The third kappa shape index (κ3) is 4.81. The first-order chi connectivity index (χ1) is 7.47. The van der Waals surface area contributed by atoms with Crippen molar-refractivity contribution in [3.63, 3.8) is 0 Å². The van der Waals surface area contributed by atoms with E-state index in [4.69, 9.17) is 10.5 Å². The molecule has 0 bridgehead atoms. The van der Waals surface area contributed by atoms with Crippen molar-refractivity contribution in [2.24, 2.45) is 11.1 Å². The van der Waals surface area contributed by atoms with Gasteiger partial charge in [-0.2, -0.15) is 0 Å². The Morgan fingerprint density at radius 3 is 2.56 bits per heavy atom. The highest BCUT2D eigenvalue weighted by Crippen LogP contribution is 2.28. The summed E-state index contributed by atoms with van der Waals surface area (Å²) in [5.74, 6) is 0. The van der Waals surface area contributed by atoms with Crippen LogP contribution in [0.1, 0.15) is 46.5 Å². The van der Waals surface area contributed by atoms with E-state index in [2.05, 4.69) is 26.1 Å². The van der Waals surface area contributed by atoms with Crippen molar-refractivity contribution in [2.75, 3.05) is 26.3 Å². The van der Waals surface area contributed by atoms with E-state index in [0.717, 1.165) is 52.0 Å². The zero-order chi connectivity index (χ0) is 12.1. The fraction of sp³-hybridized carbons (Fsp3) is 1.00. The SMILES string of the molecule is CCCC(C)(N)CNCC1(C)CCOCC1. The van der Waals surface area contributed by atoms with Gasteiger partial charge in [0.25, 0.3) is 0 Å². The lowest BCUT2D eigenvalue weighted by Gasteiger charge is -2.35. The van der Waals surface area contributed by atoms with E-state index in [1.165, 1.54) is 0 Å². The molecule has 1 rings (SSSR count). The molecule has 0 aliphatic carbocycles. The van der Waals surface area contributed by atoms with E-state index in [0.29, 0.717) is 5.41 Å². The van der Waals surface area contributed by atoms with Crippen LogP contribution in [0.3, 0.4) is 0 Å². The Balaban J connectivity index is 2.23. The molecule has 0 aromatic carbocycles. The monoisotopic (exact) mass is 228 g/mol. The first kappa shape index (κ1) is 13.9. The quantitative estimate of drug-likeness (QED) is 0.730. The van der Waals surface area contributed by atoms with Gasteiger partial charge < -0.3 is 15.8 Å². The topological polar surface area (TPSA) is 47.3 Å². The van der Waals surface area contributed by atoms with Gasteiger partial charge in [0.1, 0.15) is 0 Å². The first-order valence-corrected chi connectivity index (χ1v) is 6.55. The summed E-state index contributed by atoms with van der Waals surface area (Å²) in [5, 5.41) is 3.54. The van der Waals surface area contributed by atoms with Gasteiger partial charge in [-0.25, -0.2) is 0 Å². The minimum atomic E-state index is -0.0592. The number of hydrogen-bond acceptors (Lipinski definition) is 3. The molecule has 96 valence electrons. The molecule has 0 amide bonds. The average Bonchev–Trinajstić information content (AvgIpc) is 2.17. The Bertz CT molecular complexity index is 198. The Morgan fingerprint density at radius 1 is 1.38 bits per heavy atom. The van der Waals surface area contributed by atoms with Crippen molar-refractivity contribution < 1.29 is 4.74 Å². The Hall–Kier alpha value is -0.120. The van der Waals surface area contributed by atoms with Crippen molar-refractivity contribution >= 4 is 0 Å². The highest BCUT2D eigenvalue weighted by molar-refractivity contribution is 4.84. The number of ether oxygens (including phenoxy) is 1. The maximum absolute atomic E-state index is 6.20. The second kappa shape index (κ2) is 5.99. The largest absolute Gasteiger partial charge is 0.381 e. The number of nitrogens with two attached hydrogens (primary N) is 1. The minimum Gasteiger partial charge on any atom is -0.381 e. The van der Waals surface area contributed by atoms with Crippen LogP contribution in [-0.2, 0) is 4.74 Å².